The number of carbonyl (C=O) groups excluding carboxylic acids is 1. The molecule has 2 fully saturated rings. The fraction of sp³-hybridized carbons (Fsp3) is 0.632. The molecule has 1 aliphatic heterocycles. The minimum Gasteiger partial charge on any atom is -0.391 e. The number of carbonyl (C=O) groups is 1. The number of aliphatic hydroxyl groups is 1. The summed E-state index contributed by atoms with van der Waals surface area (Å²) in [4.78, 5) is 17.1. The number of hydrogen-bond donors (Lipinski definition) is 1. The van der Waals surface area contributed by atoms with E-state index in [0.717, 1.165) is 63.0 Å². The van der Waals surface area contributed by atoms with Crippen LogP contribution in [0.3, 0.4) is 0 Å². The van der Waals surface area contributed by atoms with E-state index in [-0.39, 0.29) is 18.1 Å². The van der Waals surface area contributed by atoms with Crippen LogP contribution in [0.1, 0.15) is 48.0 Å². The molecule has 0 bridgehead atoms. The zero-order valence-electron chi connectivity index (χ0n) is 14.1. The third-order valence-corrected chi connectivity index (χ3v) is 5.25. The van der Waals surface area contributed by atoms with Crippen molar-refractivity contribution in [3.8, 4) is 0 Å². The minimum absolute atomic E-state index is 0.139. The van der Waals surface area contributed by atoms with E-state index in [2.05, 4.69) is 4.90 Å². The molecule has 2 atom stereocenters. The molecule has 23 heavy (non-hydrogen) atoms. The molecule has 1 aromatic rings. The molecule has 0 radical (unpaired) electrons. The molecule has 0 aromatic heterocycles. The van der Waals surface area contributed by atoms with Crippen LogP contribution in [-0.4, -0.2) is 59.1 Å². The van der Waals surface area contributed by atoms with Crippen LogP contribution in [-0.2, 0) is 0 Å². The lowest BCUT2D eigenvalue weighted by molar-refractivity contribution is 0.0216. The standard InChI is InChI=1S/C19H28N2O2/c1-15-6-4-7-16(14-15)19(23)21-11-5-10-20(12-13-21)17-8-2-3-9-18(17)22/h4,6-7,14,17-18,22H,2-3,5,8-13H2,1H3. The molecule has 2 aliphatic rings. The third-order valence-electron chi connectivity index (χ3n) is 5.25. The Bertz CT molecular complexity index is 546. The highest BCUT2D eigenvalue weighted by Gasteiger charge is 2.30. The van der Waals surface area contributed by atoms with Crippen LogP contribution >= 0.6 is 0 Å². The molecular formula is C19H28N2O2. The number of amides is 1. The molecule has 3 rings (SSSR count). The maximum Gasteiger partial charge on any atom is 0.253 e. The Balaban J connectivity index is 1.63. The molecule has 1 aromatic carbocycles. The summed E-state index contributed by atoms with van der Waals surface area (Å²) in [5, 5.41) is 10.3. The highest BCUT2D eigenvalue weighted by Crippen LogP contribution is 2.24. The first-order chi connectivity index (χ1) is 11.1. The summed E-state index contributed by atoms with van der Waals surface area (Å²) in [6, 6.07) is 8.13. The third kappa shape index (κ3) is 3.93. The molecule has 4 nitrogen and oxygen atoms in total. The molecule has 1 amide bonds. The fourth-order valence-corrected chi connectivity index (χ4v) is 3.95. The van der Waals surface area contributed by atoms with E-state index < -0.39 is 0 Å². The maximum atomic E-state index is 12.7. The summed E-state index contributed by atoms with van der Waals surface area (Å²) >= 11 is 0. The maximum absolute atomic E-state index is 12.7. The summed E-state index contributed by atoms with van der Waals surface area (Å²) in [6.45, 7) is 5.45. The molecule has 1 saturated carbocycles. The summed E-state index contributed by atoms with van der Waals surface area (Å²) in [5.41, 5.74) is 1.91. The first-order valence-corrected chi connectivity index (χ1v) is 8.93. The van der Waals surface area contributed by atoms with Gasteiger partial charge >= 0.3 is 0 Å². The van der Waals surface area contributed by atoms with Gasteiger partial charge in [-0.05, 0) is 38.3 Å². The molecular weight excluding hydrogens is 288 g/mol. The van der Waals surface area contributed by atoms with Crippen molar-refractivity contribution in [3.63, 3.8) is 0 Å². The summed E-state index contributed by atoms with van der Waals surface area (Å²) in [6.07, 6.45) is 5.16. The first kappa shape index (κ1) is 16.5. The second-order valence-electron chi connectivity index (χ2n) is 6.97. The quantitative estimate of drug-likeness (QED) is 0.911. The summed E-state index contributed by atoms with van der Waals surface area (Å²) in [5.74, 6) is 0.139. The number of rotatable bonds is 2. The Morgan fingerprint density at radius 2 is 1.91 bits per heavy atom. The number of hydrogen-bond acceptors (Lipinski definition) is 3. The molecule has 1 saturated heterocycles. The van der Waals surface area contributed by atoms with Gasteiger partial charge in [0.15, 0.2) is 0 Å². The van der Waals surface area contributed by atoms with Crippen LogP contribution in [0.25, 0.3) is 0 Å². The summed E-state index contributed by atoms with van der Waals surface area (Å²) < 4.78 is 0. The van der Waals surface area contributed by atoms with Crippen molar-refractivity contribution in [2.45, 2.75) is 51.2 Å². The predicted octanol–water partition coefficient (Wildman–Crippen LogP) is 2.45. The minimum atomic E-state index is -0.192. The number of aliphatic hydroxyl groups excluding tert-OH is 1. The van der Waals surface area contributed by atoms with Crippen LogP contribution in [0.5, 0.6) is 0 Å². The van der Waals surface area contributed by atoms with Crippen LogP contribution in [0.15, 0.2) is 24.3 Å². The van der Waals surface area contributed by atoms with Crippen LogP contribution < -0.4 is 0 Å². The van der Waals surface area contributed by atoms with Gasteiger partial charge in [-0.2, -0.15) is 0 Å². The lowest BCUT2D eigenvalue weighted by Crippen LogP contribution is -2.47. The van der Waals surface area contributed by atoms with Crippen LogP contribution in [0.2, 0.25) is 0 Å². The Hall–Kier alpha value is -1.39. The molecule has 1 aliphatic carbocycles. The SMILES string of the molecule is Cc1cccc(C(=O)N2CCCN(C3CCCCC3O)CC2)c1. The van der Waals surface area contributed by atoms with Gasteiger partial charge in [0.1, 0.15) is 0 Å². The number of aryl methyl sites for hydroxylation is 1. The molecule has 126 valence electrons. The molecule has 0 spiro atoms. The van der Waals surface area contributed by atoms with E-state index in [9.17, 15) is 9.90 Å². The molecule has 4 heteroatoms. The molecule has 1 N–H and O–H groups in total. The Morgan fingerprint density at radius 1 is 1.09 bits per heavy atom. The largest absolute Gasteiger partial charge is 0.391 e. The molecule has 2 unspecified atom stereocenters. The average molecular weight is 316 g/mol. The second-order valence-corrected chi connectivity index (χ2v) is 6.97. The van der Waals surface area contributed by atoms with Crippen molar-refractivity contribution in [1.82, 2.24) is 9.80 Å². The monoisotopic (exact) mass is 316 g/mol. The zero-order valence-corrected chi connectivity index (χ0v) is 14.1. The van der Waals surface area contributed by atoms with Crippen molar-refractivity contribution in [2.75, 3.05) is 26.2 Å². The highest BCUT2D eigenvalue weighted by atomic mass is 16.3. The molecule has 1 heterocycles. The van der Waals surface area contributed by atoms with E-state index in [1.54, 1.807) is 0 Å². The van der Waals surface area contributed by atoms with Crippen LogP contribution in [0, 0.1) is 6.92 Å². The Morgan fingerprint density at radius 3 is 2.70 bits per heavy atom. The van der Waals surface area contributed by atoms with Gasteiger partial charge in [0.25, 0.3) is 5.91 Å². The average Bonchev–Trinajstić information content (AvgIpc) is 2.80. The van der Waals surface area contributed by atoms with Crippen molar-refractivity contribution in [1.29, 1.82) is 0 Å². The number of nitrogens with zero attached hydrogens (tertiary/aromatic N) is 2. The van der Waals surface area contributed by atoms with Crippen molar-refractivity contribution >= 4 is 5.91 Å². The van der Waals surface area contributed by atoms with Crippen molar-refractivity contribution in [3.05, 3.63) is 35.4 Å². The highest BCUT2D eigenvalue weighted by molar-refractivity contribution is 5.94. The van der Waals surface area contributed by atoms with E-state index in [0.29, 0.717) is 0 Å². The van der Waals surface area contributed by atoms with E-state index >= 15 is 0 Å². The number of benzene rings is 1. The van der Waals surface area contributed by atoms with Gasteiger partial charge in [0.05, 0.1) is 6.10 Å². The normalized spacial score (nSPS) is 26.8. The van der Waals surface area contributed by atoms with Crippen molar-refractivity contribution < 1.29 is 9.90 Å². The Kier molecular flexibility index (Phi) is 5.34. The van der Waals surface area contributed by atoms with Gasteiger partial charge in [-0.3, -0.25) is 9.69 Å². The van der Waals surface area contributed by atoms with Gasteiger partial charge in [-0.1, -0.05) is 30.5 Å². The lowest BCUT2D eigenvalue weighted by Gasteiger charge is -2.37. The van der Waals surface area contributed by atoms with Gasteiger partial charge < -0.3 is 10.0 Å². The van der Waals surface area contributed by atoms with Gasteiger partial charge in [-0.15, -0.1) is 0 Å². The van der Waals surface area contributed by atoms with Crippen molar-refractivity contribution in [2.24, 2.45) is 0 Å². The first-order valence-electron chi connectivity index (χ1n) is 8.93. The second kappa shape index (κ2) is 7.45. The van der Waals surface area contributed by atoms with Gasteiger partial charge in [0, 0.05) is 37.8 Å². The Labute approximate surface area is 139 Å². The van der Waals surface area contributed by atoms with E-state index in [1.807, 2.05) is 36.1 Å². The fourth-order valence-electron chi connectivity index (χ4n) is 3.95. The van der Waals surface area contributed by atoms with E-state index in [4.69, 9.17) is 0 Å². The van der Waals surface area contributed by atoms with Gasteiger partial charge in [-0.25, -0.2) is 0 Å². The van der Waals surface area contributed by atoms with E-state index in [1.165, 1.54) is 6.42 Å². The summed E-state index contributed by atoms with van der Waals surface area (Å²) in [7, 11) is 0. The lowest BCUT2D eigenvalue weighted by atomic mass is 9.91. The predicted molar refractivity (Wildman–Crippen MR) is 91.5 cm³/mol. The van der Waals surface area contributed by atoms with Crippen LogP contribution in [0.4, 0.5) is 0 Å². The smallest absolute Gasteiger partial charge is 0.253 e. The zero-order chi connectivity index (χ0) is 16.2. The topological polar surface area (TPSA) is 43.8 Å². The van der Waals surface area contributed by atoms with Gasteiger partial charge in [0.2, 0.25) is 0 Å².